The molecule has 3 rings (SSSR count). The molecule has 0 spiro atoms. The predicted molar refractivity (Wildman–Crippen MR) is 113 cm³/mol. The Hall–Kier alpha value is -2.42. The standard InChI is InChI=1S/C21H27N3O4S/c1-3-23-10-12-24(13-11-23)29(26,27)20-9-5-7-18(15-20)22-21(25)16-28-19-8-4-6-17(2)14-19/h4-9,14-15H,3,10-13,16H2,1-2H3,(H,22,25). The zero-order valence-electron chi connectivity index (χ0n) is 16.8. The molecule has 2 aromatic carbocycles. The summed E-state index contributed by atoms with van der Waals surface area (Å²) in [5.41, 5.74) is 1.47. The van der Waals surface area contributed by atoms with E-state index in [4.69, 9.17) is 4.74 Å². The Morgan fingerprint density at radius 2 is 1.79 bits per heavy atom. The average molecular weight is 418 g/mol. The van der Waals surface area contributed by atoms with Crippen molar-refractivity contribution in [3.8, 4) is 5.75 Å². The lowest BCUT2D eigenvalue weighted by Gasteiger charge is -2.33. The van der Waals surface area contributed by atoms with E-state index >= 15 is 0 Å². The number of carbonyl (C=O) groups excluding carboxylic acids is 1. The molecule has 1 aliphatic heterocycles. The second-order valence-corrected chi connectivity index (χ2v) is 8.96. The summed E-state index contributed by atoms with van der Waals surface area (Å²) in [4.78, 5) is 14.6. The van der Waals surface area contributed by atoms with Crippen molar-refractivity contribution in [1.82, 2.24) is 9.21 Å². The fourth-order valence-corrected chi connectivity index (χ4v) is 4.69. The summed E-state index contributed by atoms with van der Waals surface area (Å²) in [5, 5.41) is 2.70. The summed E-state index contributed by atoms with van der Waals surface area (Å²) in [6, 6.07) is 13.8. The van der Waals surface area contributed by atoms with Crippen LogP contribution in [-0.4, -0.2) is 62.9 Å². The van der Waals surface area contributed by atoms with Gasteiger partial charge in [-0.25, -0.2) is 8.42 Å². The van der Waals surface area contributed by atoms with Crippen LogP contribution in [-0.2, 0) is 14.8 Å². The van der Waals surface area contributed by atoms with Crippen LogP contribution in [0.2, 0.25) is 0 Å². The lowest BCUT2D eigenvalue weighted by atomic mass is 10.2. The van der Waals surface area contributed by atoms with E-state index in [9.17, 15) is 13.2 Å². The highest BCUT2D eigenvalue weighted by atomic mass is 32.2. The first-order chi connectivity index (χ1) is 13.9. The SMILES string of the molecule is CCN1CCN(S(=O)(=O)c2cccc(NC(=O)COc3cccc(C)c3)c2)CC1. The number of rotatable bonds is 7. The van der Waals surface area contributed by atoms with Gasteiger partial charge in [-0.3, -0.25) is 4.79 Å². The molecule has 0 radical (unpaired) electrons. The van der Waals surface area contributed by atoms with Crippen LogP contribution in [0.1, 0.15) is 12.5 Å². The summed E-state index contributed by atoms with van der Waals surface area (Å²) in [6.07, 6.45) is 0. The maximum absolute atomic E-state index is 12.9. The Bertz CT molecular complexity index is 954. The van der Waals surface area contributed by atoms with Gasteiger partial charge in [0.2, 0.25) is 10.0 Å². The number of hydrogen-bond acceptors (Lipinski definition) is 5. The van der Waals surface area contributed by atoms with Crippen LogP contribution in [0.5, 0.6) is 5.75 Å². The van der Waals surface area contributed by atoms with Crippen molar-refractivity contribution in [3.05, 3.63) is 54.1 Å². The minimum atomic E-state index is -3.59. The second kappa shape index (κ2) is 9.39. The largest absolute Gasteiger partial charge is 0.484 e. The lowest BCUT2D eigenvalue weighted by molar-refractivity contribution is -0.118. The Balaban J connectivity index is 1.62. The molecule has 8 heteroatoms. The molecule has 2 aromatic rings. The van der Waals surface area contributed by atoms with Crippen LogP contribution < -0.4 is 10.1 Å². The van der Waals surface area contributed by atoms with Gasteiger partial charge >= 0.3 is 0 Å². The van der Waals surface area contributed by atoms with E-state index in [0.29, 0.717) is 24.5 Å². The zero-order valence-corrected chi connectivity index (χ0v) is 17.6. The van der Waals surface area contributed by atoms with Crippen LogP contribution in [0.25, 0.3) is 0 Å². The number of amides is 1. The molecule has 1 fully saturated rings. The van der Waals surface area contributed by atoms with Crippen molar-refractivity contribution in [2.24, 2.45) is 0 Å². The van der Waals surface area contributed by atoms with E-state index in [1.165, 1.54) is 10.4 Å². The van der Waals surface area contributed by atoms with Crippen LogP contribution >= 0.6 is 0 Å². The van der Waals surface area contributed by atoms with Gasteiger partial charge < -0.3 is 15.0 Å². The number of carbonyl (C=O) groups is 1. The number of sulfonamides is 1. The Labute approximate surface area is 172 Å². The number of nitrogens with one attached hydrogen (secondary N) is 1. The van der Waals surface area contributed by atoms with Gasteiger partial charge in [0.25, 0.3) is 5.91 Å². The fraction of sp³-hybridized carbons (Fsp3) is 0.381. The zero-order chi connectivity index (χ0) is 20.9. The van der Waals surface area contributed by atoms with Gasteiger partial charge in [-0.1, -0.05) is 25.1 Å². The van der Waals surface area contributed by atoms with E-state index in [1.54, 1.807) is 24.3 Å². The third-order valence-corrected chi connectivity index (χ3v) is 6.79. The second-order valence-electron chi connectivity index (χ2n) is 7.02. The number of anilines is 1. The molecule has 0 saturated carbocycles. The molecule has 1 saturated heterocycles. The molecule has 0 aromatic heterocycles. The highest BCUT2D eigenvalue weighted by Gasteiger charge is 2.28. The summed E-state index contributed by atoms with van der Waals surface area (Å²) in [5.74, 6) is 0.264. The Morgan fingerprint density at radius 3 is 2.48 bits per heavy atom. The van der Waals surface area contributed by atoms with Crippen molar-refractivity contribution in [2.45, 2.75) is 18.7 Å². The van der Waals surface area contributed by atoms with Crippen LogP contribution in [0.4, 0.5) is 5.69 Å². The summed E-state index contributed by atoms with van der Waals surface area (Å²) in [6.45, 7) is 7.17. The van der Waals surface area contributed by atoms with Crippen molar-refractivity contribution < 1.29 is 17.9 Å². The van der Waals surface area contributed by atoms with Gasteiger partial charge in [0.1, 0.15) is 5.75 Å². The lowest BCUT2D eigenvalue weighted by Crippen LogP contribution is -2.48. The minimum absolute atomic E-state index is 0.153. The smallest absolute Gasteiger partial charge is 0.262 e. The van der Waals surface area contributed by atoms with E-state index in [0.717, 1.165) is 25.2 Å². The predicted octanol–water partition coefficient (Wildman–Crippen LogP) is 2.34. The van der Waals surface area contributed by atoms with E-state index in [2.05, 4.69) is 17.1 Å². The van der Waals surface area contributed by atoms with E-state index in [-0.39, 0.29) is 17.4 Å². The van der Waals surface area contributed by atoms with Gasteiger partial charge in [0.15, 0.2) is 6.61 Å². The highest BCUT2D eigenvalue weighted by Crippen LogP contribution is 2.21. The molecule has 0 aliphatic carbocycles. The Kier molecular flexibility index (Phi) is 6.89. The molecule has 1 aliphatic rings. The molecule has 156 valence electrons. The maximum atomic E-state index is 12.9. The molecule has 29 heavy (non-hydrogen) atoms. The number of ether oxygens (including phenoxy) is 1. The number of benzene rings is 2. The van der Waals surface area contributed by atoms with Gasteiger partial charge in [-0.2, -0.15) is 4.31 Å². The summed E-state index contributed by atoms with van der Waals surface area (Å²) in [7, 11) is -3.59. The first-order valence-corrected chi connectivity index (χ1v) is 11.1. The molecule has 0 unspecified atom stereocenters. The fourth-order valence-electron chi connectivity index (χ4n) is 3.22. The van der Waals surface area contributed by atoms with Crippen LogP contribution in [0.3, 0.4) is 0 Å². The minimum Gasteiger partial charge on any atom is -0.484 e. The van der Waals surface area contributed by atoms with Gasteiger partial charge in [-0.15, -0.1) is 0 Å². The van der Waals surface area contributed by atoms with Gasteiger partial charge in [0, 0.05) is 31.9 Å². The molecule has 0 bridgehead atoms. The molecular formula is C21H27N3O4S. The average Bonchev–Trinajstić information content (AvgIpc) is 2.72. The number of nitrogens with zero attached hydrogens (tertiary/aromatic N) is 2. The normalized spacial score (nSPS) is 15.8. The molecule has 0 atom stereocenters. The third-order valence-electron chi connectivity index (χ3n) is 4.89. The highest BCUT2D eigenvalue weighted by molar-refractivity contribution is 7.89. The van der Waals surface area contributed by atoms with Gasteiger partial charge in [-0.05, 0) is 49.4 Å². The number of aryl methyl sites for hydroxylation is 1. The quantitative estimate of drug-likeness (QED) is 0.748. The topological polar surface area (TPSA) is 79.0 Å². The van der Waals surface area contributed by atoms with E-state index < -0.39 is 10.0 Å². The maximum Gasteiger partial charge on any atom is 0.262 e. The number of piperazine rings is 1. The first kappa shape index (κ1) is 21.3. The molecule has 1 N–H and O–H groups in total. The van der Waals surface area contributed by atoms with E-state index in [1.807, 2.05) is 25.1 Å². The van der Waals surface area contributed by atoms with Crippen LogP contribution in [0.15, 0.2) is 53.4 Å². The van der Waals surface area contributed by atoms with Crippen molar-refractivity contribution in [3.63, 3.8) is 0 Å². The molecule has 7 nitrogen and oxygen atoms in total. The number of hydrogen-bond donors (Lipinski definition) is 1. The molecular weight excluding hydrogens is 390 g/mol. The van der Waals surface area contributed by atoms with Crippen molar-refractivity contribution >= 4 is 21.6 Å². The van der Waals surface area contributed by atoms with Gasteiger partial charge in [0.05, 0.1) is 4.90 Å². The molecule has 1 amide bonds. The van der Waals surface area contributed by atoms with Crippen molar-refractivity contribution in [1.29, 1.82) is 0 Å². The summed E-state index contributed by atoms with van der Waals surface area (Å²) >= 11 is 0. The van der Waals surface area contributed by atoms with Crippen LogP contribution in [0, 0.1) is 6.92 Å². The Morgan fingerprint density at radius 1 is 1.07 bits per heavy atom. The molecule has 1 heterocycles. The third kappa shape index (κ3) is 5.56. The van der Waals surface area contributed by atoms with Crippen molar-refractivity contribution in [2.75, 3.05) is 44.6 Å². The first-order valence-electron chi connectivity index (χ1n) is 9.70. The number of likely N-dealkylation sites (N-methyl/N-ethyl adjacent to an activating group) is 1. The summed E-state index contributed by atoms with van der Waals surface area (Å²) < 4.78 is 32.9. The monoisotopic (exact) mass is 417 g/mol.